The van der Waals surface area contributed by atoms with Gasteiger partial charge in [0.25, 0.3) is 0 Å². The minimum Gasteiger partial charge on any atom is -0.497 e. The molecule has 0 spiro atoms. The molecule has 5 N–H and O–H groups in total. The highest BCUT2D eigenvalue weighted by molar-refractivity contribution is 6.05. The molecule has 2 rings (SSSR count). The number of methoxy groups -OCH3 is 2. The lowest BCUT2D eigenvalue weighted by molar-refractivity contribution is -0.111. The molecule has 0 aliphatic heterocycles. The number of carbonyl (C=O) groups is 3. The van der Waals surface area contributed by atoms with Gasteiger partial charge in [-0.3, -0.25) is 14.4 Å². The van der Waals surface area contributed by atoms with Crippen LogP contribution < -0.4 is 26.3 Å². The summed E-state index contributed by atoms with van der Waals surface area (Å²) in [4.78, 5) is 34.9. The lowest BCUT2D eigenvalue weighted by atomic mass is 10.1. The maximum absolute atomic E-state index is 12.2. The van der Waals surface area contributed by atoms with Gasteiger partial charge in [-0.2, -0.15) is 0 Å². The fraction of sp³-hybridized carbons (Fsp3) is 0.105. The second-order valence-electron chi connectivity index (χ2n) is 5.46. The summed E-state index contributed by atoms with van der Waals surface area (Å²) in [5.74, 6) is -0.810. The normalized spacial score (nSPS) is 10.4. The van der Waals surface area contributed by atoms with Gasteiger partial charge in [-0.05, 0) is 42.5 Å². The van der Waals surface area contributed by atoms with E-state index in [-0.39, 0.29) is 16.8 Å². The SMILES string of the molecule is COc1ccc(OC)c(/C=C/C(=O)Nc2cc(C(N)=O)cc(C(N)=O)c2)c1. The van der Waals surface area contributed by atoms with Crippen molar-refractivity contribution < 1.29 is 23.9 Å². The van der Waals surface area contributed by atoms with E-state index >= 15 is 0 Å². The van der Waals surface area contributed by atoms with Crippen molar-refractivity contribution in [2.75, 3.05) is 19.5 Å². The maximum atomic E-state index is 12.2. The Morgan fingerprint density at radius 3 is 2.07 bits per heavy atom. The second-order valence-corrected chi connectivity index (χ2v) is 5.46. The fourth-order valence-electron chi connectivity index (χ4n) is 2.30. The third kappa shape index (κ3) is 5.08. The van der Waals surface area contributed by atoms with Crippen molar-refractivity contribution in [3.8, 4) is 11.5 Å². The van der Waals surface area contributed by atoms with Crippen molar-refractivity contribution >= 4 is 29.5 Å². The van der Waals surface area contributed by atoms with E-state index in [1.165, 1.54) is 38.5 Å². The Labute approximate surface area is 155 Å². The van der Waals surface area contributed by atoms with Crippen LogP contribution in [0.1, 0.15) is 26.3 Å². The van der Waals surface area contributed by atoms with Crippen molar-refractivity contribution in [1.82, 2.24) is 0 Å². The standard InChI is InChI=1S/C19H19N3O5/c1-26-15-4-5-16(27-2)11(10-15)3-6-17(23)22-14-8-12(18(20)24)7-13(9-14)19(21)25/h3-10H,1-2H3,(H2,20,24)(H2,21,25)(H,22,23)/b6-3+. The van der Waals surface area contributed by atoms with Crippen LogP contribution in [0.4, 0.5) is 5.69 Å². The van der Waals surface area contributed by atoms with E-state index in [9.17, 15) is 14.4 Å². The molecular formula is C19H19N3O5. The van der Waals surface area contributed by atoms with Gasteiger partial charge in [0, 0.05) is 28.5 Å². The Kier molecular flexibility index (Phi) is 6.16. The number of rotatable bonds is 7. The van der Waals surface area contributed by atoms with Crippen LogP contribution in [-0.4, -0.2) is 31.9 Å². The number of hydrogen-bond acceptors (Lipinski definition) is 5. The minimum atomic E-state index is -0.745. The largest absolute Gasteiger partial charge is 0.497 e. The molecule has 0 saturated carbocycles. The number of nitrogens with two attached hydrogens (primary N) is 2. The number of benzene rings is 2. The number of anilines is 1. The molecule has 8 nitrogen and oxygen atoms in total. The van der Waals surface area contributed by atoms with Crippen LogP contribution in [0.2, 0.25) is 0 Å². The summed E-state index contributed by atoms with van der Waals surface area (Å²) in [7, 11) is 3.05. The van der Waals surface area contributed by atoms with Crippen LogP contribution in [0.3, 0.4) is 0 Å². The predicted molar refractivity (Wildman–Crippen MR) is 101 cm³/mol. The lowest BCUT2D eigenvalue weighted by Crippen LogP contribution is -2.17. The zero-order valence-corrected chi connectivity index (χ0v) is 14.8. The Bertz CT molecular complexity index is 889. The number of ether oxygens (including phenoxy) is 2. The number of amides is 3. The number of carbonyl (C=O) groups excluding carboxylic acids is 3. The molecule has 0 aliphatic rings. The molecule has 8 heteroatoms. The highest BCUT2D eigenvalue weighted by Gasteiger charge is 2.10. The third-order valence-corrected chi connectivity index (χ3v) is 3.62. The van der Waals surface area contributed by atoms with E-state index in [0.29, 0.717) is 17.1 Å². The van der Waals surface area contributed by atoms with Gasteiger partial charge < -0.3 is 26.3 Å². The lowest BCUT2D eigenvalue weighted by Gasteiger charge is -2.08. The molecule has 0 atom stereocenters. The maximum Gasteiger partial charge on any atom is 0.248 e. The molecule has 140 valence electrons. The van der Waals surface area contributed by atoms with Gasteiger partial charge in [-0.15, -0.1) is 0 Å². The van der Waals surface area contributed by atoms with Crippen LogP contribution in [0.15, 0.2) is 42.5 Å². The monoisotopic (exact) mass is 369 g/mol. The van der Waals surface area contributed by atoms with E-state index in [4.69, 9.17) is 20.9 Å². The quantitative estimate of drug-likeness (QED) is 0.637. The summed E-state index contributed by atoms with van der Waals surface area (Å²) in [5.41, 5.74) is 11.4. The van der Waals surface area contributed by atoms with E-state index in [0.717, 1.165) is 0 Å². The van der Waals surface area contributed by atoms with Gasteiger partial charge in [0.2, 0.25) is 17.7 Å². The highest BCUT2D eigenvalue weighted by Crippen LogP contribution is 2.25. The van der Waals surface area contributed by atoms with Crippen LogP contribution in [-0.2, 0) is 4.79 Å². The van der Waals surface area contributed by atoms with Gasteiger partial charge >= 0.3 is 0 Å². The molecule has 0 fully saturated rings. The molecule has 0 aliphatic carbocycles. The summed E-state index contributed by atoms with van der Waals surface area (Å²) in [6, 6.07) is 9.13. The second kappa shape index (κ2) is 8.52. The summed E-state index contributed by atoms with van der Waals surface area (Å²) < 4.78 is 10.4. The summed E-state index contributed by atoms with van der Waals surface area (Å²) in [6.07, 6.45) is 2.82. The van der Waals surface area contributed by atoms with Crippen LogP contribution in [0.25, 0.3) is 6.08 Å². The molecule has 27 heavy (non-hydrogen) atoms. The van der Waals surface area contributed by atoms with Crippen molar-refractivity contribution in [1.29, 1.82) is 0 Å². The van der Waals surface area contributed by atoms with E-state index in [1.807, 2.05) is 0 Å². The van der Waals surface area contributed by atoms with E-state index < -0.39 is 17.7 Å². The first-order chi connectivity index (χ1) is 12.8. The van der Waals surface area contributed by atoms with Crippen molar-refractivity contribution in [3.63, 3.8) is 0 Å². The fourth-order valence-corrected chi connectivity index (χ4v) is 2.30. The molecule has 2 aromatic rings. The molecule has 0 heterocycles. The number of hydrogen-bond donors (Lipinski definition) is 3. The zero-order valence-electron chi connectivity index (χ0n) is 14.8. The Balaban J connectivity index is 2.24. The highest BCUT2D eigenvalue weighted by atomic mass is 16.5. The predicted octanol–water partition coefficient (Wildman–Crippen LogP) is 1.55. The van der Waals surface area contributed by atoms with Crippen LogP contribution >= 0.6 is 0 Å². The first kappa shape index (κ1) is 19.5. The van der Waals surface area contributed by atoms with E-state index in [2.05, 4.69) is 5.32 Å². The van der Waals surface area contributed by atoms with Gasteiger partial charge in [0.1, 0.15) is 11.5 Å². The van der Waals surface area contributed by atoms with Gasteiger partial charge in [-0.1, -0.05) is 0 Å². The van der Waals surface area contributed by atoms with Crippen molar-refractivity contribution in [2.24, 2.45) is 11.5 Å². The Morgan fingerprint density at radius 1 is 0.926 bits per heavy atom. The third-order valence-electron chi connectivity index (χ3n) is 3.62. The zero-order chi connectivity index (χ0) is 20.0. The smallest absolute Gasteiger partial charge is 0.248 e. The Hall–Kier alpha value is -3.81. The first-order valence-corrected chi connectivity index (χ1v) is 7.80. The van der Waals surface area contributed by atoms with Gasteiger partial charge in [0.15, 0.2) is 0 Å². The number of primary amides is 2. The molecule has 0 radical (unpaired) electrons. The van der Waals surface area contributed by atoms with E-state index in [1.54, 1.807) is 24.3 Å². The summed E-state index contributed by atoms with van der Waals surface area (Å²) in [5, 5.41) is 2.56. The van der Waals surface area contributed by atoms with Crippen LogP contribution in [0.5, 0.6) is 11.5 Å². The molecule has 0 saturated heterocycles. The first-order valence-electron chi connectivity index (χ1n) is 7.80. The van der Waals surface area contributed by atoms with Crippen LogP contribution in [0, 0.1) is 0 Å². The molecule has 0 bridgehead atoms. The molecule has 3 amide bonds. The topological polar surface area (TPSA) is 134 Å². The average Bonchev–Trinajstić information content (AvgIpc) is 2.65. The van der Waals surface area contributed by atoms with Crippen molar-refractivity contribution in [2.45, 2.75) is 0 Å². The molecule has 0 unspecified atom stereocenters. The summed E-state index contributed by atoms with van der Waals surface area (Å²) >= 11 is 0. The molecular weight excluding hydrogens is 350 g/mol. The summed E-state index contributed by atoms with van der Waals surface area (Å²) in [6.45, 7) is 0. The average molecular weight is 369 g/mol. The minimum absolute atomic E-state index is 0.0556. The number of nitrogens with one attached hydrogen (secondary N) is 1. The van der Waals surface area contributed by atoms with Gasteiger partial charge in [0.05, 0.1) is 14.2 Å². The van der Waals surface area contributed by atoms with Crippen molar-refractivity contribution in [3.05, 3.63) is 59.2 Å². The van der Waals surface area contributed by atoms with Gasteiger partial charge in [-0.25, -0.2) is 0 Å². The molecule has 0 aromatic heterocycles. The Morgan fingerprint density at radius 2 is 1.56 bits per heavy atom. The molecule has 2 aromatic carbocycles.